The number of fused-ring (bicyclic) bond motifs is 2. The van der Waals surface area contributed by atoms with Crippen LogP contribution in [0, 0.1) is 23.7 Å². The third-order valence-electron chi connectivity index (χ3n) is 8.12. The fraction of sp³-hybridized carbons (Fsp3) is 0.520. The number of carbonyl (C=O) groups is 1. The van der Waals surface area contributed by atoms with E-state index in [0.717, 1.165) is 22.3 Å². The van der Waals surface area contributed by atoms with E-state index in [1.54, 1.807) is 35.5 Å². The second-order valence-corrected chi connectivity index (χ2v) is 11.3. The monoisotopic (exact) mass is 508 g/mol. The molecule has 4 heterocycles. The summed E-state index contributed by atoms with van der Waals surface area (Å²) in [6, 6.07) is 3.98. The molecule has 36 heavy (non-hydrogen) atoms. The maximum Gasteiger partial charge on any atom is 0.294 e. The minimum absolute atomic E-state index is 0.0456. The van der Waals surface area contributed by atoms with Crippen molar-refractivity contribution in [3.8, 4) is 28.1 Å². The number of amides is 1. The Balaban J connectivity index is 1.10. The Morgan fingerprint density at radius 2 is 1.78 bits per heavy atom. The highest BCUT2D eigenvalue weighted by molar-refractivity contribution is 7.18. The molecule has 4 saturated carbocycles. The van der Waals surface area contributed by atoms with Crippen molar-refractivity contribution in [2.24, 2.45) is 23.7 Å². The standard InChI is InChI=1S/C25H28N6O4S/c1-33-17-8-21(35-12-22(32)27-23-15-4-13-3-14(6-15)7-16(23)5-13)20-9-18(28-30(20)10-17)19-11-31-24(26-19)36-25(29-31)34-2/h8-11,13-16,23H,3-7,12H2,1-2H3,(H,27,32). The van der Waals surface area contributed by atoms with E-state index in [-0.39, 0.29) is 12.5 Å². The largest absolute Gasteiger partial charge is 0.495 e. The van der Waals surface area contributed by atoms with Crippen LogP contribution in [0.25, 0.3) is 21.9 Å². The molecule has 0 spiro atoms. The van der Waals surface area contributed by atoms with Gasteiger partial charge in [0.05, 0.1) is 26.6 Å². The summed E-state index contributed by atoms with van der Waals surface area (Å²) in [6.45, 7) is -0.0456. The number of ether oxygens (including phenoxy) is 3. The number of hydrogen-bond acceptors (Lipinski definition) is 8. The van der Waals surface area contributed by atoms with Crippen LogP contribution in [0.2, 0.25) is 0 Å². The summed E-state index contributed by atoms with van der Waals surface area (Å²) in [4.78, 5) is 18.3. The Morgan fingerprint density at radius 1 is 1.00 bits per heavy atom. The summed E-state index contributed by atoms with van der Waals surface area (Å²) in [6.07, 6.45) is 10.1. The number of imidazole rings is 1. The number of nitrogens with one attached hydrogen (secondary N) is 1. The molecule has 0 unspecified atom stereocenters. The molecule has 4 aliphatic carbocycles. The van der Waals surface area contributed by atoms with E-state index in [2.05, 4.69) is 20.5 Å². The Labute approximate surface area is 211 Å². The predicted molar refractivity (Wildman–Crippen MR) is 133 cm³/mol. The fourth-order valence-electron chi connectivity index (χ4n) is 6.81. The van der Waals surface area contributed by atoms with Crippen molar-refractivity contribution in [1.29, 1.82) is 0 Å². The molecule has 1 amide bonds. The first-order chi connectivity index (χ1) is 17.6. The van der Waals surface area contributed by atoms with Crippen LogP contribution in [-0.2, 0) is 4.79 Å². The van der Waals surface area contributed by atoms with Crippen LogP contribution in [0.4, 0.5) is 0 Å². The molecule has 4 aromatic heterocycles. The zero-order valence-corrected chi connectivity index (χ0v) is 21.0. The maximum absolute atomic E-state index is 12.9. The van der Waals surface area contributed by atoms with Crippen LogP contribution in [0.5, 0.6) is 16.7 Å². The van der Waals surface area contributed by atoms with Gasteiger partial charge in [0.2, 0.25) is 4.96 Å². The first kappa shape index (κ1) is 21.9. The predicted octanol–water partition coefficient (Wildman–Crippen LogP) is 3.44. The van der Waals surface area contributed by atoms with Crippen molar-refractivity contribution in [1.82, 2.24) is 29.5 Å². The van der Waals surface area contributed by atoms with Gasteiger partial charge in [0.1, 0.15) is 28.4 Å². The van der Waals surface area contributed by atoms with E-state index >= 15 is 0 Å². The smallest absolute Gasteiger partial charge is 0.294 e. The minimum atomic E-state index is -0.0671. The van der Waals surface area contributed by atoms with Gasteiger partial charge in [-0.25, -0.2) is 14.0 Å². The van der Waals surface area contributed by atoms with E-state index in [1.165, 1.54) is 43.4 Å². The van der Waals surface area contributed by atoms with Crippen molar-refractivity contribution in [3.63, 3.8) is 0 Å². The van der Waals surface area contributed by atoms with Gasteiger partial charge in [-0.1, -0.05) is 0 Å². The van der Waals surface area contributed by atoms with Crippen LogP contribution < -0.4 is 19.5 Å². The van der Waals surface area contributed by atoms with E-state index in [1.807, 2.05) is 12.3 Å². The molecule has 8 rings (SSSR count). The Hall–Kier alpha value is -3.34. The molecule has 0 aliphatic heterocycles. The topological polar surface area (TPSA) is 104 Å². The SMILES string of the molecule is COc1cc(OCC(=O)NC2C3CC4CC(C3)CC2C4)c2cc(-c3cn4nc(OC)sc4n3)nn2c1. The molecule has 0 radical (unpaired) electrons. The minimum Gasteiger partial charge on any atom is -0.495 e. The number of methoxy groups -OCH3 is 2. The van der Waals surface area contributed by atoms with Crippen LogP contribution >= 0.6 is 11.3 Å². The lowest BCUT2D eigenvalue weighted by Gasteiger charge is -2.54. The highest BCUT2D eigenvalue weighted by Gasteiger charge is 2.48. The van der Waals surface area contributed by atoms with Crippen LogP contribution in [0.1, 0.15) is 32.1 Å². The summed E-state index contributed by atoms with van der Waals surface area (Å²) < 4.78 is 20.0. The molecular weight excluding hydrogens is 480 g/mol. The number of nitrogens with zero attached hydrogens (tertiary/aromatic N) is 5. The Bertz CT molecular complexity index is 1400. The lowest BCUT2D eigenvalue weighted by Crippen LogP contribution is -2.56. The molecule has 188 valence electrons. The van der Waals surface area contributed by atoms with Gasteiger partial charge in [-0.05, 0) is 73.2 Å². The molecule has 4 aliphatic rings. The lowest BCUT2D eigenvalue weighted by molar-refractivity contribution is -0.127. The van der Waals surface area contributed by atoms with E-state index in [0.29, 0.717) is 46.0 Å². The van der Waals surface area contributed by atoms with Crippen molar-refractivity contribution in [3.05, 3.63) is 24.5 Å². The number of aromatic nitrogens is 5. The number of hydrogen-bond donors (Lipinski definition) is 1. The van der Waals surface area contributed by atoms with Gasteiger partial charge >= 0.3 is 0 Å². The number of pyridine rings is 1. The van der Waals surface area contributed by atoms with Crippen LogP contribution in [-0.4, -0.2) is 57.0 Å². The summed E-state index contributed by atoms with van der Waals surface area (Å²) in [5.41, 5.74) is 2.09. The van der Waals surface area contributed by atoms with Gasteiger partial charge in [-0.15, -0.1) is 5.10 Å². The van der Waals surface area contributed by atoms with Crippen molar-refractivity contribution in [2.45, 2.75) is 38.1 Å². The van der Waals surface area contributed by atoms with Gasteiger partial charge in [-0.2, -0.15) is 5.10 Å². The normalized spacial score (nSPS) is 26.6. The van der Waals surface area contributed by atoms with Gasteiger partial charge in [-0.3, -0.25) is 4.79 Å². The van der Waals surface area contributed by atoms with E-state index < -0.39 is 0 Å². The maximum atomic E-state index is 12.9. The molecule has 10 nitrogen and oxygen atoms in total. The average molecular weight is 509 g/mol. The second-order valence-electron chi connectivity index (χ2n) is 10.3. The molecular formula is C25H28N6O4S. The molecule has 0 saturated heterocycles. The molecule has 11 heteroatoms. The van der Waals surface area contributed by atoms with Crippen molar-refractivity contribution >= 4 is 27.7 Å². The highest BCUT2D eigenvalue weighted by Crippen LogP contribution is 2.53. The molecule has 4 bridgehead atoms. The second kappa shape index (κ2) is 8.36. The number of carbonyl (C=O) groups excluding carboxylic acids is 1. The molecule has 4 aromatic rings. The third-order valence-corrected chi connectivity index (χ3v) is 9.01. The molecule has 0 aromatic carbocycles. The van der Waals surface area contributed by atoms with E-state index in [9.17, 15) is 4.79 Å². The summed E-state index contributed by atoms with van der Waals surface area (Å²) in [7, 11) is 3.18. The van der Waals surface area contributed by atoms with E-state index in [4.69, 9.17) is 14.2 Å². The van der Waals surface area contributed by atoms with Gasteiger partial charge in [0.25, 0.3) is 11.1 Å². The Morgan fingerprint density at radius 3 is 2.47 bits per heavy atom. The molecule has 4 fully saturated rings. The average Bonchev–Trinajstić information content (AvgIpc) is 3.57. The fourth-order valence-corrected chi connectivity index (χ4v) is 7.51. The third kappa shape index (κ3) is 3.68. The summed E-state index contributed by atoms with van der Waals surface area (Å²) in [5, 5.41) is 12.9. The lowest BCUT2D eigenvalue weighted by atomic mass is 9.54. The summed E-state index contributed by atoms with van der Waals surface area (Å²) in [5.74, 6) is 4.07. The van der Waals surface area contributed by atoms with Gasteiger partial charge in [0.15, 0.2) is 6.61 Å². The highest BCUT2D eigenvalue weighted by atomic mass is 32.1. The zero-order valence-electron chi connectivity index (χ0n) is 20.2. The quantitative estimate of drug-likeness (QED) is 0.408. The first-order valence-corrected chi connectivity index (χ1v) is 13.3. The van der Waals surface area contributed by atoms with Crippen molar-refractivity contribution < 1.29 is 19.0 Å². The van der Waals surface area contributed by atoms with Crippen LogP contribution in [0.3, 0.4) is 0 Å². The summed E-state index contributed by atoms with van der Waals surface area (Å²) >= 11 is 1.36. The number of rotatable bonds is 7. The zero-order chi connectivity index (χ0) is 24.4. The van der Waals surface area contributed by atoms with Gasteiger partial charge < -0.3 is 19.5 Å². The first-order valence-electron chi connectivity index (χ1n) is 12.5. The van der Waals surface area contributed by atoms with Gasteiger partial charge in [0, 0.05) is 12.1 Å². The van der Waals surface area contributed by atoms with Crippen molar-refractivity contribution in [2.75, 3.05) is 20.8 Å². The van der Waals surface area contributed by atoms with Crippen LogP contribution in [0.15, 0.2) is 24.5 Å². The molecule has 1 N–H and O–H groups in total. The Kier molecular flexibility index (Phi) is 5.09. The molecule has 0 atom stereocenters.